The zero-order chi connectivity index (χ0) is 29.7. The Bertz CT molecular complexity index is 1510. The Balaban J connectivity index is 2.00. The van der Waals surface area contributed by atoms with Gasteiger partial charge in [-0.15, -0.1) is 0 Å². The van der Waals surface area contributed by atoms with E-state index in [0.717, 1.165) is 11.8 Å². The summed E-state index contributed by atoms with van der Waals surface area (Å²) in [5.41, 5.74) is 7.14. The van der Waals surface area contributed by atoms with Crippen molar-refractivity contribution < 1.29 is 32.0 Å². The molecule has 0 saturated heterocycles. The van der Waals surface area contributed by atoms with Crippen molar-refractivity contribution in [2.45, 2.75) is 33.4 Å². The van der Waals surface area contributed by atoms with Crippen LogP contribution in [0, 0.1) is 10.8 Å². The van der Waals surface area contributed by atoms with E-state index in [4.69, 9.17) is 15.9 Å². The molecule has 0 saturated carbocycles. The van der Waals surface area contributed by atoms with Gasteiger partial charge in [0.05, 0.1) is 24.5 Å². The minimum absolute atomic E-state index is 0.0475. The Hall–Kier alpha value is -4.22. The lowest BCUT2D eigenvalue weighted by molar-refractivity contribution is 0.0749. The van der Waals surface area contributed by atoms with Crippen LogP contribution in [0.15, 0.2) is 66.7 Å². The molecule has 0 aliphatic rings. The Kier molecular flexibility index (Phi) is 9.33. The molecule has 1 atom stereocenters. The molecular formula is C29H33N3O7S. The van der Waals surface area contributed by atoms with Crippen LogP contribution in [0.1, 0.15) is 52.6 Å². The third kappa shape index (κ3) is 7.90. The molecule has 0 bridgehead atoms. The van der Waals surface area contributed by atoms with Gasteiger partial charge >= 0.3 is 16.1 Å². The van der Waals surface area contributed by atoms with Crippen LogP contribution in [0.2, 0.25) is 0 Å². The van der Waals surface area contributed by atoms with E-state index in [0.29, 0.717) is 22.4 Å². The Morgan fingerprint density at radius 2 is 1.62 bits per heavy atom. The van der Waals surface area contributed by atoms with E-state index in [-0.39, 0.29) is 30.2 Å². The molecule has 0 spiro atoms. The fraction of sp³-hybridized carbons (Fsp3) is 0.276. The molecular weight excluding hydrogens is 534 g/mol. The minimum Gasteiger partial charge on any atom is -0.488 e. The highest BCUT2D eigenvalue weighted by Crippen LogP contribution is 2.34. The lowest BCUT2D eigenvalue weighted by Crippen LogP contribution is -2.46. The summed E-state index contributed by atoms with van der Waals surface area (Å²) in [5.74, 6) is -1.35. The quantitative estimate of drug-likeness (QED) is 0.164. The number of ether oxygens (including phenoxy) is 1. The summed E-state index contributed by atoms with van der Waals surface area (Å²) in [7, 11) is -4.15. The third-order valence-corrected chi connectivity index (χ3v) is 6.55. The smallest absolute Gasteiger partial charge is 0.354 e. The molecule has 1 amide bonds. The highest BCUT2D eigenvalue weighted by Gasteiger charge is 2.27. The first-order valence-electron chi connectivity index (χ1n) is 12.3. The van der Waals surface area contributed by atoms with Gasteiger partial charge in [-0.05, 0) is 34.7 Å². The lowest BCUT2D eigenvalue weighted by atomic mass is 9.87. The summed E-state index contributed by atoms with van der Waals surface area (Å²) in [6.07, 6.45) is 0.755. The molecule has 0 unspecified atom stereocenters. The summed E-state index contributed by atoms with van der Waals surface area (Å²) >= 11 is 0. The van der Waals surface area contributed by atoms with Crippen LogP contribution in [0.5, 0.6) is 5.75 Å². The van der Waals surface area contributed by atoms with Gasteiger partial charge < -0.3 is 25.1 Å². The van der Waals surface area contributed by atoms with Gasteiger partial charge in [-0.2, -0.15) is 8.42 Å². The highest BCUT2D eigenvalue weighted by molar-refractivity contribution is 7.86. The van der Waals surface area contributed by atoms with Gasteiger partial charge in [0.2, 0.25) is 0 Å². The number of nitrogens with two attached hydrogens (primary N) is 1. The van der Waals surface area contributed by atoms with Crippen LogP contribution in [0.25, 0.3) is 11.1 Å². The van der Waals surface area contributed by atoms with E-state index >= 15 is 0 Å². The normalized spacial score (nSPS) is 12.3. The molecule has 10 nitrogen and oxygen atoms in total. The number of para-hydroxylation sites is 1. The number of nitrogen functional groups attached to an aromatic ring is 1. The summed E-state index contributed by atoms with van der Waals surface area (Å²) in [4.78, 5) is 26.0. The average Bonchev–Trinajstić information content (AvgIpc) is 2.88. The number of hydrogen-bond donors (Lipinski definition) is 4. The second-order valence-corrected chi connectivity index (χ2v) is 11.9. The molecule has 5 N–H and O–H groups in total. The predicted octanol–water partition coefficient (Wildman–Crippen LogP) is 3.47. The van der Waals surface area contributed by atoms with Crippen molar-refractivity contribution in [3.05, 3.63) is 89.0 Å². The summed E-state index contributed by atoms with van der Waals surface area (Å²) in [6, 6.07) is 17.5. The molecule has 3 aromatic rings. The monoisotopic (exact) mass is 567 g/mol. The van der Waals surface area contributed by atoms with Crippen LogP contribution in [0.3, 0.4) is 0 Å². The van der Waals surface area contributed by atoms with Crippen molar-refractivity contribution in [2.24, 2.45) is 11.1 Å². The number of aliphatic hydroxyl groups excluding tert-OH is 1. The SMILES string of the molecule is CC(C)(C)[C@@H](CO)NC(=O)c1ccc(-c2ccccc2OCc2ccc(C(=N)N)cc2)c(C(=O)OS(C)(=O)=O)c1. The molecule has 0 fully saturated rings. The number of carbonyl (C=O) groups excluding carboxylic acids is 2. The largest absolute Gasteiger partial charge is 0.488 e. The summed E-state index contributed by atoms with van der Waals surface area (Å²) < 4.78 is 34.2. The van der Waals surface area contributed by atoms with Crippen LogP contribution in [-0.4, -0.2) is 50.1 Å². The third-order valence-electron chi connectivity index (χ3n) is 6.10. The Morgan fingerprint density at radius 3 is 2.20 bits per heavy atom. The molecule has 40 heavy (non-hydrogen) atoms. The zero-order valence-electron chi connectivity index (χ0n) is 22.7. The molecule has 3 rings (SSSR count). The van der Waals surface area contributed by atoms with E-state index in [9.17, 15) is 23.1 Å². The number of carbonyl (C=O) groups is 2. The van der Waals surface area contributed by atoms with Crippen LogP contribution < -0.4 is 15.8 Å². The molecule has 11 heteroatoms. The number of aliphatic hydroxyl groups is 1. The Labute approximate surface area is 233 Å². The van der Waals surface area contributed by atoms with E-state index in [1.165, 1.54) is 18.2 Å². The number of benzene rings is 3. The number of rotatable bonds is 10. The molecule has 3 aromatic carbocycles. The van der Waals surface area contributed by atoms with Crippen LogP contribution in [0.4, 0.5) is 0 Å². The first-order chi connectivity index (χ1) is 18.7. The molecule has 0 aliphatic heterocycles. The van der Waals surface area contributed by atoms with Gasteiger partial charge in [-0.25, -0.2) is 4.79 Å². The molecule has 0 heterocycles. The van der Waals surface area contributed by atoms with Gasteiger partial charge in [0, 0.05) is 16.7 Å². The van der Waals surface area contributed by atoms with Crippen molar-refractivity contribution in [3.63, 3.8) is 0 Å². The van der Waals surface area contributed by atoms with Gasteiger partial charge in [-0.1, -0.05) is 69.3 Å². The molecule has 0 radical (unpaired) electrons. The average molecular weight is 568 g/mol. The van der Waals surface area contributed by atoms with Crippen molar-refractivity contribution in [1.82, 2.24) is 5.32 Å². The topological polar surface area (TPSA) is 169 Å². The fourth-order valence-corrected chi connectivity index (χ4v) is 4.17. The van der Waals surface area contributed by atoms with E-state index in [1.54, 1.807) is 48.5 Å². The molecule has 0 aromatic heterocycles. The highest BCUT2D eigenvalue weighted by atomic mass is 32.2. The standard InChI is InChI=1S/C29H33N3O7S/c1-29(2,3)25(16-33)32-27(34)20-13-14-21(23(15-20)28(35)39-40(4,36)37)22-7-5-6-8-24(22)38-17-18-9-11-19(12-10-18)26(30)31/h5-15,25,33H,16-17H2,1-4H3,(H3,30,31)(H,32,34)/t25-/m1/s1. The second-order valence-electron chi connectivity index (χ2n) is 10.3. The van der Waals surface area contributed by atoms with Gasteiger partial charge in [0.1, 0.15) is 18.2 Å². The number of amidine groups is 1. The van der Waals surface area contributed by atoms with E-state index < -0.39 is 33.5 Å². The molecule has 212 valence electrons. The maximum Gasteiger partial charge on any atom is 0.354 e. The summed E-state index contributed by atoms with van der Waals surface area (Å²) in [6.45, 7) is 5.45. The number of nitrogens with one attached hydrogen (secondary N) is 2. The predicted molar refractivity (Wildman–Crippen MR) is 152 cm³/mol. The number of amides is 1. The van der Waals surface area contributed by atoms with Gasteiger partial charge in [-0.3, -0.25) is 10.2 Å². The minimum atomic E-state index is -4.15. The zero-order valence-corrected chi connectivity index (χ0v) is 23.5. The van der Waals surface area contributed by atoms with Crippen molar-refractivity contribution in [3.8, 4) is 16.9 Å². The van der Waals surface area contributed by atoms with Crippen LogP contribution in [-0.2, 0) is 20.9 Å². The maximum atomic E-state index is 13.0. The van der Waals surface area contributed by atoms with Gasteiger partial charge in [0.25, 0.3) is 5.91 Å². The maximum absolute atomic E-state index is 13.0. The molecule has 0 aliphatic carbocycles. The van der Waals surface area contributed by atoms with E-state index in [2.05, 4.69) is 9.50 Å². The first-order valence-corrected chi connectivity index (χ1v) is 14.2. The van der Waals surface area contributed by atoms with Crippen molar-refractivity contribution in [1.29, 1.82) is 5.41 Å². The lowest BCUT2D eigenvalue weighted by Gasteiger charge is -2.29. The Morgan fingerprint density at radius 1 is 1.00 bits per heavy atom. The number of hydrogen-bond acceptors (Lipinski definition) is 8. The van der Waals surface area contributed by atoms with Gasteiger partial charge in [0.15, 0.2) is 0 Å². The first kappa shape index (κ1) is 30.3. The van der Waals surface area contributed by atoms with Crippen molar-refractivity contribution >= 4 is 27.8 Å². The van der Waals surface area contributed by atoms with Crippen molar-refractivity contribution in [2.75, 3.05) is 12.9 Å². The van der Waals surface area contributed by atoms with E-state index in [1.807, 2.05) is 20.8 Å². The fourth-order valence-electron chi connectivity index (χ4n) is 3.81. The second kappa shape index (κ2) is 12.3. The van der Waals surface area contributed by atoms with Crippen LogP contribution >= 0.6 is 0 Å². The summed E-state index contributed by atoms with van der Waals surface area (Å²) in [5, 5.41) is 20.0.